The van der Waals surface area contributed by atoms with Crippen molar-refractivity contribution in [1.82, 2.24) is 9.96 Å². The Morgan fingerprint density at radius 2 is 1.88 bits per heavy atom. The molecule has 0 saturated carbocycles. The molecule has 0 aromatic rings. The van der Waals surface area contributed by atoms with Crippen molar-refractivity contribution in [2.75, 3.05) is 20.3 Å². The van der Waals surface area contributed by atoms with Gasteiger partial charge in [-0.1, -0.05) is 13.8 Å². The summed E-state index contributed by atoms with van der Waals surface area (Å²) in [7, 11) is 1.55. The minimum Gasteiger partial charge on any atom is -0.383 e. The van der Waals surface area contributed by atoms with Crippen molar-refractivity contribution < 1.29 is 37.1 Å². The average molecular weight is 462 g/mol. The molecule has 32 heavy (non-hydrogen) atoms. The summed E-state index contributed by atoms with van der Waals surface area (Å²) in [6, 6.07) is -2.06. The van der Waals surface area contributed by atoms with Gasteiger partial charge in [0.2, 0.25) is 5.91 Å². The number of hydroxylamine groups is 2. The van der Waals surface area contributed by atoms with Gasteiger partial charge in [0.25, 0.3) is 0 Å². The molecule has 0 aliphatic carbocycles. The largest absolute Gasteiger partial charge is 0.492 e. The average Bonchev–Trinajstić information content (AvgIpc) is 3.32. The molecule has 2 aliphatic heterocycles. The normalized spacial score (nSPS) is 25.4. The van der Waals surface area contributed by atoms with Gasteiger partial charge in [0.05, 0.1) is 24.8 Å². The Morgan fingerprint density at radius 1 is 1.22 bits per heavy atom. The van der Waals surface area contributed by atoms with Gasteiger partial charge in [0.1, 0.15) is 12.1 Å². The second-order valence-electron chi connectivity index (χ2n) is 8.86. The highest BCUT2D eigenvalue weighted by atomic mass is 19.4. The number of likely N-dealkylation sites (tertiary alicyclic amines) is 1. The number of carbonyl (C=O) groups excluding carboxylic acids is 3. The summed E-state index contributed by atoms with van der Waals surface area (Å²) in [5, 5.41) is 9.68. The third-order valence-corrected chi connectivity index (χ3v) is 6.04. The zero-order chi connectivity index (χ0) is 24.3. The summed E-state index contributed by atoms with van der Waals surface area (Å²) < 4.78 is 43.1. The van der Waals surface area contributed by atoms with E-state index in [1.54, 1.807) is 31.9 Å². The number of carbonyl (C=O) groups is 3. The molecule has 0 aromatic heterocycles. The first-order valence-corrected chi connectivity index (χ1v) is 10.4. The number of halogens is 3. The lowest BCUT2D eigenvalue weighted by atomic mass is 9.77. The van der Waals surface area contributed by atoms with Crippen molar-refractivity contribution in [2.24, 2.45) is 11.1 Å². The molecular weight excluding hydrogens is 433 g/mol. The standard InChI is InChI=1S/C20H29F3N4O5/c1-19(2,9-15(28)26-8-4-5-13(26)11-31-3)17(25)16(29)14-7-6-12(10-24)27(14)32-18(30)20(21,22)23/h12-14,17H,4-9,11,25H2,1-3H3. The number of nitriles is 1. The van der Waals surface area contributed by atoms with E-state index in [1.807, 2.05) is 0 Å². The molecule has 2 fully saturated rings. The lowest BCUT2D eigenvalue weighted by molar-refractivity contribution is -0.244. The van der Waals surface area contributed by atoms with Gasteiger partial charge >= 0.3 is 12.1 Å². The van der Waals surface area contributed by atoms with Crippen LogP contribution in [0, 0.1) is 16.7 Å². The highest BCUT2D eigenvalue weighted by Gasteiger charge is 2.50. The quantitative estimate of drug-likeness (QED) is 0.572. The number of Topliss-reactive ketones (excluding diaryl/α,β-unsaturated/α-hetero) is 1. The maximum Gasteiger partial charge on any atom is 0.492 e. The molecule has 0 aromatic carbocycles. The monoisotopic (exact) mass is 462 g/mol. The number of nitrogens with two attached hydrogens (primary N) is 1. The second-order valence-corrected chi connectivity index (χ2v) is 8.86. The molecule has 1 amide bonds. The predicted molar refractivity (Wildman–Crippen MR) is 104 cm³/mol. The van der Waals surface area contributed by atoms with Crippen LogP contribution in [0.4, 0.5) is 13.2 Å². The number of alkyl halides is 3. The molecule has 2 rings (SSSR count). The summed E-state index contributed by atoms with van der Waals surface area (Å²) in [6.07, 6.45) is -3.65. The van der Waals surface area contributed by atoms with E-state index in [2.05, 4.69) is 4.84 Å². The van der Waals surface area contributed by atoms with Crippen LogP contribution >= 0.6 is 0 Å². The Kier molecular flexibility index (Phi) is 8.25. The van der Waals surface area contributed by atoms with Crippen molar-refractivity contribution in [3.05, 3.63) is 0 Å². The van der Waals surface area contributed by atoms with Gasteiger partial charge < -0.3 is 20.2 Å². The van der Waals surface area contributed by atoms with Gasteiger partial charge in [0, 0.05) is 20.1 Å². The van der Waals surface area contributed by atoms with Gasteiger partial charge in [-0.15, -0.1) is 5.06 Å². The zero-order valence-corrected chi connectivity index (χ0v) is 18.4. The number of hydrogen-bond donors (Lipinski definition) is 1. The molecule has 0 bridgehead atoms. The summed E-state index contributed by atoms with van der Waals surface area (Å²) >= 11 is 0. The highest BCUT2D eigenvalue weighted by molar-refractivity contribution is 5.91. The van der Waals surface area contributed by atoms with Crippen molar-refractivity contribution in [3.8, 4) is 6.07 Å². The molecule has 2 saturated heterocycles. The van der Waals surface area contributed by atoms with Crippen molar-refractivity contribution in [3.63, 3.8) is 0 Å². The molecular formula is C20H29F3N4O5. The fourth-order valence-electron chi connectivity index (χ4n) is 4.17. The van der Waals surface area contributed by atoms with Crippen molar-refractivity contribution in [1.29, 1.82) is 5.26 Å². The van der Waals surface area contributed by atoms with Gasteiger partial charge in [-0.25, -0.2) is 4.79 Å². The van der Waals surface area contributed by atoms with Crippen LogP contribution in [0.25, 0.3) is 0 Å². The molecule has 4 unspecified atom stereocenters. The molecule has 180 valence electrons. The van der Waals surface area contributed by atoms with Crippen LogP contribution in [0.1, 0.15) is 46.0 Å². The van der Waals surface area contributed by atoms with E-state index in [9.17, 15) is 32.8 Å². The first-order chi connectivity index (χ1) is 14.8. The molecule has 12 heteroatoms. The minimum absolute atomic E-state index is 0.00195. The number of hydrogen-bond acceptors (Lipinski definition) is 8. The zero-order valence-electron chi connectivity index (χ0n) is 18.4. The predicted octanol–water partition coefficient (Wildman–Crippen LogP) is 1.31. The van der Waals surface area contributed by atoms with Crippen LogP contribution in [0.3, 0.4) is 0 Å². The van der Waals surface area contributed by atoms with E-state index in [4.69, 9.17) is 10.5 Å². The van der Waals surface area contributed by atoms with E-state index in [-0.39, 0.29) is 31.2 Å². The smallest absolute Gasteiger partial charge is 0.383 e. The van der Waals surface area contributed by atoms with Gasteiger partial charge in [-0.3, -0.25) is 9.59 Å². The highest BCUT2D eigenvalue weighted by Crippen LogP contribution is 2.33. The van der Waals surface area contributed by atoms with E-state index in [0.717, 1.165) is 12.8 Å². The Bertz CT molecular complexity index is 767. The molecule has 2 aliphatic rings. The van der Waals surface area contributed by atoms with Crippen LogP contribution in [-0.4, -0.2) is 78.2 Å². The van der Waals surface area contributed by atoms with Crippen molar-refractivity contribution >= 4 is 17.7 Å². The molecule has 2 heterocycles. The molecule has 2 N–H and O–H groups in total. The van der Waals surface area contributed by atoms with E-state index < -0.39 is 41.5 Å². The SMILES string of the molecule is COCC1CCCN1C(=O)CC(C)(C)C(N)C(=O)C1CCC(C#N)N1OC(=O)C(F)(F)F. The van der Waals surface area contributed by atoms with Crippen LogP contribution in [-0.2, 0) is 24.0 Å². The Hall–Kier alpha value is -2.23. The molecule has 0 radical (unpaired) electrons. The number of ketones is 1. The third kappa shape index (κ3) is 5.76. The molecule has 0 spiro atoms. The third-order valence-electron chi connectivity index (χ3n) is 6.04. The maximum absolute atomic E-state index is 13.1. The Labute approximate surface area is 184 Å². The topological polar surface area (TPSA) is 126 Å². The van der Waals surface area contributed by atoms with Crippen LogP contribution in [0.5, 0.6) is 0 Å². The lowest BCUT2D eigenvalue weighted by Gasteiger charge is -2.35. The fraction of sp³-hybridized carbons (Fsp3) is 0.800. The first kappa shape index (κ1) is 26.0. The van der Waals surface area contributed by atoms with E-state index in [1.165, 1.54) is 0 Å². The van der Waals surface area contributed by atoms with Gasteiger partial charge in [-0.2, -0.15) is 18.4 Å². The summed E-state index contributed by atoms with van der Waals surface area (Å²) in [6.45, 7) is 4.21. The summed E-state index contributed by atoms with van der Waals surface area (Å²) in [5.41, 5.74) is 5.13. The molecule has 4 atom stereocenters. The Balaban J connectivity index is 2.11. The van der Waals surface area contributed by atoms with E-state index in [0.29, 0.717) is 18.2 Å². The van der Waals surface area contributed by atoms with Crippen molar-refractivity contribution in [2.45, 2.75) is 76.3 Å². The maximum atomic E-state index is 13.1. The van der Waals surface area contributed by atoms with E-state index >= 15 is 0 Å². The first-order valence-electron chi connectivity index (χ1n) is 10.4. The Morgan fingerprint density at radius 3 is 2.44 bits per heavy atom. The minimum atomic E-state index is -5.28. The molecule has 9 nitrogen and oxygen atoms in total. The summed E-state index contributed by atoms with van der Waals surface area (Å²) in [4.78, 5) is 43.3. The number of nitrogens with zero attached hydrogens (tertiary/aromatic N) is 3. The van der Waals surface area contributed by atoms with Gasteiger partial charge in [0.15, 0.2) is 5.78 Å². The number of ether oxygens (including phenoxy) is 1. The van der Waals surface area contributed by atoms with Crippen LogP contribution in [0.2, 0.25) is 0 Å². The number of rotatable bonds is 8. The summed E-state index contributed by atoms with van der Waals surface area (Å²) in [5.74, 6) is -3.40. The van der Waals surface area contributed by atoms with Gasteiger partial charge in [-0.05, 0) is 31.1 Å². The fourth-order valence-corrected chi connectivity index (χ4v) is 4.17. The lowest BCUT2D eigenvalue weighted by Crippen LogP contribution is -2.54. The van der Waals surface area contributed by atoms with Crippen LogP contribution in [0.15, 0.2) is 0 Å². The second kappa shape index (κ2) is 10.1. The number of methoxy groups -OCH3 is 1. The van der Waals surface area contributed by atoms with Crippen LogP contribution < -0.4 is 5.73 Å². The number of amides is 1.